The molecule has 18 heavy (non-hydrogen) atoms. The van der Waals surface area contributed by atoms with E-state index >= 15 is 0 Å². The highest BCUT2D eigenvalue weighted by Gasteiger charge is 2.06. The van der Waals surface area contributed by atoms with Crippen molar-refractivity contribution in [1.29, 1.82) is 0 Å². The molecule has 0 radical (unpaired) electrons. The molecule has 1 aliphatic carbocycles. The Labute approximate surface area is 109 Å². The molecule has 2 rings (SSSR count). The quantitative estimate of drug-likeness (QED) is 0.419. The van der Waals surface area contributed by atoms with Crippen LogP contribution in [0.2, 0.25) is 0 Å². The van der Waals surface area contributed by atoms with Gasteiger partial charge in [-0.25, -0.2) is 0 Å². The minimum Gasteiger partial charge on any atom is -0.299 e. The smallest absolute Gasteiger partial charge is 0.143 e. The summed E-state index contributed by atoms with van der Waals surface area (Å²) in [7, 11) is 0. The van der Waals surface area contributed by atoms with Gasteiger partial charge in [0, 0.05) is 0 Å². The van der Waals surface area contributed by atoms with Crippen molar-refractivity contribution in [1.82, 2.24) is 0 Å². The SMILES string of the molecule is O=C/C=C(/CCC1=CCCCC1)c1ccccc1. The van der Waals surface area contributed by atoms with Crippen molar-refractivity contribution in [3.05, 3.63) is 53.6 Å². The highest BCUT2D eigenvalue weighted by Crippen LogP contribution is 2.26. The summed E-state index contributed by atoms with van der Waals surface area (Å²) in [5.74, 6) is 0. The molecule has 1 nitrogen and oxygen atoms in total. The zero-order chi connectivity index (χ0) is 12.6. The van der Waals surface area contributed by atoms with Crippen LogP contribution in [0, 0.1) is 0 Å². The van der Waals surface area contributed by atoms with Gasteiger partial charge >= 0.3 is 0 Å². The molecule has 0 unspecified atom stereocenters. The fourth-order valence-corrected chi connectivity index (χ4v) is 2.49. The van der Waals surface area contributed by atoms with Crippen LogP contribution in [0.3, 0.4) is 0 Å². The molecule has 1 aromatic carbocycles. The maximum atomic E-state index is 10.7. The molecule has 0 fully saturated rings. The molecule has 0 bridgehead atoms. The molecule has 1 aliphatic rings. The minimum absolute atomic E-state index is 0.900. The Bertz CT molecular complexity index is 440. The molecule has 0 aromatic heterocycles. The average Bonchev–Trinajstić information content (AvgIpc) is 2.45. The first-order valence-electron chi connectivity index (χ1n) is 6.78. The largest absolute Gasteiger partial charge is 0.299 e. The van der Waals surface area contributed by atoms with E-state index in [0.29, 0.717) is 0 Å². The molecule has 0 N–H and O–H groups in total. The normalized spacial score (nSPS) is 16.2. The topological polar surface area (TPSA) is 17.1 Å². The van der Waals surface area contributed by atoms with Crippen molar-refractivity contribution in [2.24, 2.45) is 0 Å². The van der Waals surface area contributed by atoms with E-state index in [1.165, 1.54) is 31.2 Å². The van der Waals surface area contributed by atoms with Gasteiger partial charge in [-0.15, -0.1) is 0 Å². The summed E-state index contributed by atoms with van der Waals surface area (Å²) < 4.78 is 0. The van der Waals surface area contributed by atoms with Crippen molar-refractivity contribution in [3.8, 4) is 0 Å². The molecular weight excluding hydrogens is 220 g/mol. The summed E-state index contributed by atoms with van der Waals surface area (Å²) in [5, 5.41) is 0. The number of rotatable bonds is 5. The van der Waals surface area contributed by atoms with Crippen LogP contribution in [-0.2, 0) is 4.79 Å². The minimum atomic E-state index is 0.900. The third-order valence-corrected chi connectivity index (χ3v) is 3.51. The van der Waals surface area contributed by atoms with Crippen molar-refractivity contribution in [2.45, 2.75) is 38.5 Å². The molecule has 0 heterocycles. The lowest BCUT2D eigenvalue weighted by atomic mass is 9.92. The van der Waals surface area contributed by atoms with Gasteiger partial charge in [-0.05, 0) is 55.7 Å². The number of aldehydes is 1. The van der Waals surface area contributed by atoms with Crippen molar-refractivity contribution in [2.75, 3.05) is 0 Å². The van der Waals surface area contributed by atoms with Crippen LogP contribution in [-0.4, -0.2) is 6.29 Å². The number of hydrogen-bond donors (Lipinski definition) is 0. The van der Waals surface area contributed by atoms with E-state index in [4.69, 9.17) is 0 Å². The predicted octanol–water partition coefficient (Wildman–Crippen LogP) is 4.55. The van der Waals surface area contributed by atoms with Gasteiger partial charge in [0.15, 0.2) is 0 Å². The number of benzene rings is 1. The van der Waals surface area contributed by atoms with Gasteiger partial charge in [0.1, 0.15) is 6.29 Å². The zero-order valence-corrected chi connectivity index (χ0v) is 10.8. The molecule has 0 saturated carbocycles. The van der Waals surface area contributed by atoms with Crippen LogP contribution < -0.4 is 0 Å². The fourth-order valence-electron chi connectivity index (χ4n) is 2.49. The van der Waals surface area contributed by atoms with Crippen molar-refractivity contribution >= 4 is 11.9 Å². The van der Waals surface area contributed by atoms with Crippen molar-refractivity contribution < 1.29 is 4.79 Å². The molecule has 0 spiro atoms. The Morgan fingerprint density at radius 3 is 2.67 bits per heavy atom. The average molecular weight is 240 g/mol. The molecule has 0 aliphatic heterocycles. The van der Waals surface area contributed by atoms with Crippen LogP contribution in [0.1, 0.15) is 44.1 Å². The van der Waals surface area contributed by atoms with E-state index in [0.717, 1.165) is 24.7 Å². The highest BCUT2D eigenvalue weighted by atomic mass is 16.1. The molecular formula is C17H20O. The third kappa shape index (κ3) is 3.69. The van der Waals surface area contributed by atoms with E-state index in [1.807, 2.05) is 18.2 Å². The summed E-state index contributed by atoms with van der Waals surface area (Å²) >= 11 is 0. The second kappa shape index (κ2) is 6.95. The first kappa shape index (κ1) is 12.8. The van der Waals surface area contributed by atoms with Gasteiger partial charge in [-0.2, -0.15) is 0 Å². The summed E-state index contributed by atoms with van der Waals surface area (Å²) in [6, 6.07) is 10.2. The lowest BCUT2D eigenvalue weighted by Gasteiger charge is -2.13. The molecule has 94 valence electrons. The maximum absolute atomic E-state index is 10.7. The van der Waals surface area contributed by atoms with Gasteiger partial charge in [-0.1, -0.05) is 42.0 Å². The second-order valence-electron chi connectivity index (χ2n) is 4.80. The Morgan fingerprint density at radius 1 is 1.17 bits per heavy atom. The third-order valence-electron chi connectivity index (χ3n) is 3.51. The Kier molecular flexibility index (Phi) is 4.95. The van der Waals surface area contributed by atoms with Crippen LogP contribution >= 0.6 is 0 Å². The summed E-state index contributed by atoms with van der Waals surface area (Å²) in [6.07, 6.45) is 12.2. The monoisotopic (exact) mass is 240 g/mol. The first-order valence-corrected chi connectivity index (χ1v) is 6.78. The first-order chi connectivity index (χ1) is 8.90. The Hall–Kier alpha value is -1.63. The predicted molar refractivity (Wildman–Crippen MR) is 76.3 cm³/mol. The lowest BCUT2D eigenvalue weighted by molar-refractivity contribution is -0.104. The number of allylic oxidation sites excluding steroid dienone is 4. The summed E-state index contributed by atoms with van der Waals surface area (Å²) in [6.45, 7) is 0. The number of carbonyl (C=O) groups excluding carboxylic acids is 1. The van der Waals surface area contributed by atoms with E-state index < -0.39 is 0 Å². The molecule has 1 aromatic rings. The van der Waals surface area contributed by atoms with E-state index in [2.05, 4.69) is 18.2 Å². The summed E-state index contributed by atoms with van der Waals surface area (Å²) in [4.78, 5) is 10.7. The van der Waals surface area contributed by atoms with Crippen LogP contribution in [0.4, 0.5) is 0 Å². The highest BCUT2D eigenvalue weighted by molar-refractivity contribution is 5.81. The Morgan fingerprint density at radius 2 is 2.00 bits per heavy atom. The molecule has 1 heteroatoms. The van der Waals surface area contributed by atoms with E-state index in [-0.39, 0.29) is 0 Å². The van der Waals surface area contributed by atoms with Gasteiger partial charge in [0.05, 0.1) is 0 Å². The van der Waals surface area contributed by atoms with Gasteiger partial charge in [0.25, 0.3) is 0 Å². The maximum Gasteiger partial charge on any atom is 0.143 e. The zero-order valence-electron chi connectivity index (χ0n) is 10.8. The Balaban J connectivity index is 2.01. The van der Waals surface area contributed by atoms with Crippen LogP contribution in [0.25, 0.3) is 5.57 Å². The van der Waals surface area contributed by atoms with E-state index in [1.54, 1.807) is 11.6 Å². The fraction of sp³-hybridized carbons (Fsp3) is 0.353. The number of carbonyl (C=O) groups is 1. The number of hydrogen-bond acceptors (Lipinski definition) is 1. The van der Waals surface area contributed by atoms with E-state index in [9.17, 15) is 4.79 Å². The van der Waals surface area contributed by atoms with Gasteiger partial charge in [0.2, 0.25) is 0 Å². The van der Waals surface area contributed by atoms with Gasteiger partial charge in [-0.3, -0.25) is 4.79 Å². The van der Waals surface area contributed by atoms with Crippen molar-refractivity contribution in [3.63, 3.8) is 0 Å². The lowest BCUT2D eigenvalue weighted by Crippen LogP contribution is -1.94. The van der Waals surface area contributed by atoms with Crippen LogP contribution in [0.5, 0.6) is 0 Å². The standard InChI is InChI=1S/C17H20O/c18-14-13-17(16-9-5-2-6-10-16)12-11-15-7-3-1-4-8-15/h2,5-7,9-10,13-14H,1,3-4,8,11-12H2/b17-13-. The molecule has 0 saturated heterocycles. The molecule has 0 amide bonds. The van der Waals surface area contributed by atoms with Crippen LogP contribution in [0.15, 0.2) is 48.1 Å². The van der Waals surface area contributed by atoms with Gasteiger partial charge < -0.3 is 0 Å². The summed E-state index contributed by atoms with van der Waals surface area (Å²) in [5.41, 5.74) is 3.88. The second-order valence-corrected chi connectivity index (χ2v) is 4.80. The molecule has 0 atom stereocenters.